The Morgan fingerprint density at radius 1 is 0.905 bits per heavy atom. The first-order valence-electron chi connectivity index (χ1n) is 10.5. The molecular weight excluding hydrogens is 643 g/mol. The van der Waals surface area contributed by atoms with Crippen molar-refractivity contribution >= 4 is 47.2 Å². The predicted molar refractivity (Wildman–Crippen MR) is 147 cm³/mol. The van der Waals surface area contributed by atoms with Crippen molar-refractivity contribution in [2.24, 2.45) is 5.90 Å². The fourth-order valence-electron chi connectivity index (χ4n) is 3.49. The Labute approximate surface area is 253 Å². The van der Waals surface area contributed by atoms with Gasteiger partial charge in [0.25, 0.3) is 10.3 Å². The van der Waals surface area contributed by atoms with Gasteiger partial charge in [0.15, 0.2) is 18.3 Å². The molecule has 0 bridgehead atoms. The third kappa shape index (κ3) is 8.42. The fraction of sp³-hybridized carbons (Fsp3) is 0.600. The number of hydrogen-bond donors (Lipinski definition) is 9. The first-order valence-corrected chi connectivity index (χ1v) is 11.3. The molecule has 42 heavy (non-hydrogen) atoms. The Morgan fingerprint density at radius 2 is 1.29 bits per heavy atom. The number of aliphatic hydroxyl groups is 4. The third-order valence-electron chi connectivity index (χ3n) is 5.42. The second-order valence-electron chi connectivity index (χ2n) is 7.81. The molecule has 2 aliphatic heterocycles. The van der Waals surface area contributed by atoms with Gasteiger partial charge in [0.05, 0.1) is 13.2 Å². The number of aliphatic hydroxyl groups excluding tert-OH is 4. The molecule has 0 aromatic carbocycles. The van der Waals surface area contributed by atoms with Gasteiger partial charge in [-0.1, -0.05) is 38.1 Å². The summed E-state index contributed by atoms with van der Waals surface area (Å²) in [7, 11) is 0. The van der Waals surface area contributed by atoms with Gasteiger partial charge in [0.2, 0.25) is 0 Å². The topological polar surface area (TPSA) is 274 Å². The number of anilines is 2. The summed E-state index contributed by atoms with van der Waals surface area (Å²) in [6.07, 6.45) is -7.04. The SMILES string of the molecule is C.C.Cl.NO.Nc1ccn(C2OC(CO)C(O)C2(F)Cl)c(=O)n1.O=c1nc(NO)ccn1C1OC(CO)C(O)C1(F)Cl. The van der Waals surface area contributed by atoms with Crippen molar-refractivity contribution in [3.8, 4) is 0 Å². The zero-order valence-corrected chi connectivity index (χ0v) is 22.2. The summed E-state index contributed by atoms with van der Waals surface area (Å²) in [5, 5.41) is 46.5. The quantitative estimate of drug-likeness (QED) is 0.139. The Hall–Kier alpha value is -2.27. The maximum absolute atomic E-state index is 14.2. The van der Waals surface area contributed by atoms with E-state index in [2.05, 4.69) is 15.9 Å². The van der Waals surface area contributed by atoms with E-state index in [9.17, 15) is 28.6 Å². The molecule has 8 atom stereocenters. The molecule has 22 heteroatoms. The van der Waals surface area contributed by atoms with Crippen molar-refractivity contribution in [3.05, 3.63) is 45.5 Å². The molecule has 2 aromatic heterocycles. The van der Waals surface area contributed by atoms with Crippen molar-refractivity contribution in [2.75, 3.05) is 24.4 Å². The van der Waals surface area contributed by atoms with E-state index in [-0.39, 0.29) is 38.9 Å². The molecule has 2 aliphatic rings. The molecule has 17 nitrogen and oxygen atoms in total. The van der Waals surface area contributed by atoms with E-state index < -0.39 is 71.7 Å². The number of nitrogen functional groups attached to an aromatic ring is 1. The standard InChI is InChI=1S/C9H11ClFN3O5.C9H11ClFN3O4.2CH4.ClH.H3NO/c10-9(11)6(16)4(3-15)19-7(9)14-2-1-5(13-18)12-8(14)17;10-9(11)6(16)4(3-15)18-7(9)14-2-1-5(12)13-8(14)17;;;;1-2/h1-2,4,6-7,15-16,18H,3H2,(H,12,13,17);1-2,4,6-7,15-16H,3H2,(H2,12,13,17);2*1H4;1H;2H,1H2. The highest BCUT2D eigenvalue weighted by molar-refractivity contribution is 6.24. The van der Waals surface area contributed by atoms with Crippen LogP contribution in [0.1, 0.15) is 27.3 Å². The van der Waals surface area contributed by atoms with Gasteiger partial charge in [-0.25, -0.2) is 24.3 Å². The Balaban J connectivity index is 0. The van der Waals surface area contributed by atoms with Gasteiger partial charge in [0.1, 0.15) is 30.2 Å². The summed E-state index contributed by atoms with van der Waals surface area (Å²) in [5.41, 5.74) is 5.13. The maximum atomic E-state index is 14.2. The van der Waals surface area contributed by atoms with Gasteiger partial charge in [-0.3, -0.25) is 19.8 Å². The number of alkyl halides is 4. The molecular formula is C20H34Cl3F2N7O10. The molecule has 4 heterocycles. The summed E-state index contributed by atoms with van der Waals surface area (Å²) in [5.74, 6) is 3.32. The van der Waals surface area contributed by atoms with Gasteiger partial charge in [0, 0.05) is 12.4 Å². The molecule has 4 rings (SSSR count). The zero-order valence-electron chi connectivity index (χ0n) is 19.9. The summed E-state index contributed by atoms with van der Waals surface area (Å²) < 4.78 is 39.8. The maximum Gasteiger partial charge on any atom is 0.351 e. The number of nitrogens with one attached hydrogen (secondary N) is 1. The molecule has 244 valence electrons. The summed E-state index contributed by atoms with van der Waals surface area (Å²) >= 11 is 11.1. The van der Waals surface area contributed by atoms with Crippen LogP contribution in [0.4, 0.5) is 20.4 Å². The van der Waals surface area contributed by atoms with E-state index in [1.54, 1.807) is 5.48 Å². The molecule has 2 aromatic rings. The lowest BCUT2D eigenvalue weighted by Gasteiger charge is -2.22. The lowest BCUT2D eigenvalue weighted by Crippen LogP contribution is -2.41. The highest BCUT2D eigenvalue weighted by Crippen LogP contribution is 2.44. The van der Waals surface area contributed by atoms with Crippen LogP contribution in [0, 0.1) is 0 Å². The van der Waals surface area contributed by atoms with Crippen molar-refractivity contribution in [1.82, 2.24) is 19.1 Å². The summed E-state index contributed by atoms with van der Waals surface area (Å²) in [6, 6.07) is 2.44. The Bertz CT molecular complexity index is 1230. The second-order valence-corrected chi connectivity index (χ2v) is 8.97. The van der Waals surface area contributed by atoms with E-state index in [1.165, 1.54) is 12.1 Å². The fourth-order valence-corrected chi connectivity index (χ4v) is 4.09. The van der Waals surface area contributed by atoms with Gasteiger partial charge >= 0.3 is 11.4 Å². The van der Waals surface area contributed by atoms with Crippen LogP contribution in [0.15, 0.2) is 34.1 Å². The average molecular weight is 677 g/mol. The zero-order chi connectivity index (χ0) is 29.7. The smallest absolute Gasteiger partial charge is 0.351 e. The highest BCUT2D eigenvalue weighted by Gasteiger charge is 2.58. The van der Waals surface area contributed by atoms with Crippen molar-refractivity contribution in [2.45, 2.75) is 62.0 Å². The minimum absolute atomic E-state index is 0. The minimum atomic E-state index is -2.78. The molecule has 11 N–H and O–H groups in total. The van der Waals surface area contributed by atoms with Crippen LogP contribution >= 0.6 is 35.6 Å². The number of nitrogens with zero attached hydrogens (tertiary/aromatic N) is 4. The molecule has 0 spiro atoms. The van der Waals surface area contributed by atoms with Crippen molar-refractivity contribution in [1.29, 1.82) is 0 Å². The monoisotopic (exact) mass is 675 g/mol. The van der Waals surface area contributed by atoms with Crippen LogP contribution < -0.4 is 28.5 Å². The van der Waals surface area contributed by atoms with Crippen molar-refractivity contribution < 1.29 is 49.1 Å². The molecule has 0 saturated carbocycles. The molecule has 2 fully saturated rings. The normalized spacial score (nSPS) is 31.1. The van der Waals surface area contributed by atoms with Crippen LogP contribution in [0.25, 0.3) is 0 Å². The molecule has 0 radical (unpaired) electrons. The molecule has 2 saturated heterocycles. The van der Waals surface area contributed by atoms with Gasteiger partial charge in [-0.15, -0.1) is 12.4 Å². The van der Waals surface area contributed by atoms with E-state index >= 15 is 0 Å². The number of hydrogen-bond acceptors (Lipinski definition) is 15. The number of nitrogens with two attached hydrogens (primary N) is 2. The van der Waals surface area contributed by atoms with E-state index in [0.717, 1.165) is 17.0 Å². The van der Waals surface area contributed by atoms with Gasteiger partial charge in [-0.2, -0.15) is 9.97 Å². The van der Waals surface area contributed by atoms with Crippen LogP contribution in [-0.2, 0) is 9.47 Å². The van der Waals surface area contributed by atoms with E-state index in [0.29, 0.717) is 4.57 Å². The minimum Gasteiger partial charge on any atom is -0.394 e. The molecule has 8 unspecified atom stereocenters. The molecule has 0 aliphatic carbocycles. The first-order chi connectivity index (χ1) is 18.3. The summed E-state index contributed by atoms with van der Waals surface area (Å²) in [4.78, 5) is 29.9. The predicted octanol–water partition coefficient (Wildman–Crippen LogP) is -0.791. The van der Waals surface area contributed by atoms with Gasteiger partial charge < -0.3 is 40.8 Å². The largest absolute Gasteiger partial charge is 0.394 e. The second kappa shape index (κ2) is 17.1. The highest BCUT2D eigenvalue weighted by atomic mass is 35.5. The summed E-state index contributed by atoms with van der Waals surface area (Å²) in [6.45, 7) is -1.29. The molecule has 0 amide bonds. The Morgan fingerprint density at radius 3 is 1.60 bits per heavy atom. The number of aromatic nitrogens is 4. The lowest BCUT2D eigenvalue weighted by molar-refractivity contribution is -0.0517. The van der Waals surface area contributed by atoms with Crippen LogP contribution in [-0.4, -0.2) is 97.8 Å². The third-order valence-corrected chi connectivity index (χ3v) is 6.24. The number of halogens is 5. The lowest BCUT2D eigenvalue weighted by atomic mass is 10.1. The van der Waals surface area contributed by atoms with Crippen LogP contribution in [0.2, 0.25) is 0 Å². The first kappa shape index (κ1) is 41.9. The number of rotatable bonds is 5. The average Bonchev–Trinajstić information content (AvgIpc) is 3.28. The number of ether oxygens (including phenoxy) is 2. The van der Waals surface area contributed by atoms with E-state index in [4.69, 9.17) is 59.0 Å². The Kier molecular flexibility index (Phi) is 17.1. The van der Waals surface area contributed by atoms with Gasteiger partial charge in [-0.05, 0) is 12.1 Å². The van der Waals surface area contributed by atoms with Crippen LogP contribution in [0.5, 0.6) is 0 Å². The van der Waals surface area contributed by atoms with Crippen molar-refractivity contribution in [3.63, 3.8) is 0 Å². The van der Waals surface area contributed by atoms with E-state index in [1.807, 2.05) is 0 Å². The van der Waals surface area contributed by atoms with Crippen LogP contribution in [0.3, 0.4) is 0 Å².